The Morgan fingerprint density at radius 1 is 1.32 bits per heavy atom. The highest BCUT2D eigenvalue weighted by Gasteiger charge is 2.42. The standard InChI is InChI=1S/C21H26N2O2/c1-4-14-13-23-10-8-15(14)11-20(23)21(25-3)17-7-9-22-19-6-5-16(24-2)12-18(17)19/h4-7,9,12,14-15,20-21H,1,8,10-11,13H2,2-3H3/t14-,15-,20-,21+/m0/s1. The van der Waals surface area contributed by atoms with Gasteiger partial charge in [0.2, 0.25) is 0 Å². The van der Waals surface area contributed by atoms with Crippen LogP contribution in [-0.4, -0.2) is 43.2 Å². The fraction of sp³-hybridized carbons (Fsp3) is 0.476. The van der Waals surface area contributed by atoms with Crippen molar-refractivity contribution in [2.45, 2.75) is 25.0 Å². The molecule has 5 rings (SSSR count). The molecule has 2 bridgehead atoms. The van der Waals surface area contributed by atoms with Crippen molar-refractivity contribution in [1.29, 1.82) is 0 Å². The summed E-state index contributed by atoms with van der Waals surface area (Å²) in [6.45, 7) is 6.29. The van der Waals surface area contributed by atoms with E-state index in [1.54, 1.807) is 7.11 Å². The molecule has 3 aliphatic rings. The van der Waals surface area contributed by atoms with E-state index in [1.165, 1.54) is 18.4 Å². The summed E-state index contributed by atoms with van der Waals surface area (Å²) in [5.74, 6) is 2.21. The van der Waals surface area contributed by atoms with E-state index in [-0.39, 0.29) is 6.10 Å². The van der Waals surface area contributed by atoms with Crippen LogP contribution in [0.4, 0.5) is 0 Å². The lowest BCUT2D eigenvalue weighted by molar-refractivity contribution is -0.0601. The number of benzene rings is 1. The second kappa shape index (κ2) is 6.77. The molecule has 2 aromatic rings. The molecular weight excluding hydrogens is 312 g/mol. The lowest BCUT2D eigenvalue weighted by Crippen LogP contribution is -2.55. The average Bonchev–Trinajstić information content (AvgIpc) is 2.68. The Bertz CT molecular complexity index is 776. The summed E-state index contributed by atoms with van der Waals surface area (Å²) < 4.78 is 11.5. The van der Waals surface area contributed by atoms with Crippen LogP contribution in [0.3, 0.4) is 0 Å². The van der Waals surface area contributed by atoms with E-state index in [4.69, 9.17) is 9.47 Å². The topological polar surface area (TPSA) is 34.6 Å². The molecule has 3 saturated heterocycles. The maximum absolute atomic E-state index is 6.04. The van der Waals surface area contributed by atoms with Crippen LogP contribution in [0, 0.1) is 11.8 Å². The van der Waals surface area contributed by atoms with E-state index < -0.39 is 0 Å². The summed E-state index contributed by atoms with van der Waals surface area (Å²) in [5.41, 5.74) is 2.19. The number of hydrogen-bond acceptors (Lipinski definition) is 4. The molecule has 0 N–H and O–H groups in total. The third-order valence-corrected chi connectivity index (χ3v) is 6.05. The van der Waals surface area contributed by atoms with Crippen molar-refractivity contribution in [3.63, 3.8) is 0 Å². The third-order valence-electron chi connectivity index (χ3n) is 6.05. The first kappa shape index (κ1) is 16.6. The molecular formula is C21H26N2O2. The van der Waals surface area contributed by atoms with E-state index in [0.717, 1.165) is 35.7 Å². The smallest absolute Gasteiger partial charge is 0.119 e. The van der Waals surface area contributed by atoms with Crippen LogP contribution in [0.5, 0.6) is 5.75 Å². The highest BCUT2D eigenvalue weighted by atomic mass is 16.5. The second-order valence-electron chi connectivity index (χ2n) is 7.19. The SMILES string of the molecule is C=C[C@H]1CN2CC[C@H]1C[C@H]2[C@H](OC)c1ccnc2ccc(OC)cc12. The normalized spacial score (nSPS) is 29.5. The molecule has 0 amide bonds. The minimum absolute atomic E-state index is 0.0474. The molecule has 1 aromatic heterocycles. The maximum atomic E-state index is 6.04. The van der Waals surface area contributed by atoms with E-state index in [2.05, 4.69) is 34.7 Å². The zero-order valence-corrected chi connectivity index (χ0v) is 15.0. The lowest BCUT2D eigenvalue weighted by atomic mass is 9.73. The molecule has 3 fully saturated rings. The van der Waals surface area contributed by atoms with Gasteiger partial charge in [0.15, 0.2) is 0 Å². The Kier molecular flexibility index (Phi) is 4.48. The van der Waals surface area contributed by atoms with Crippen LogP contribution in [0.2, 0.25) is 0 Å². The van der Waals surface area contributed by atoms with Crippen molar-refractivity contribution in [1.82, 2.24) is 9.88 Å². The number of nitrogens with zero attached hydrogens (tertiary/aromatic N) is 2. The number of pyridine rings is 1. The predicted molar refractivity (Wildman–Crippen MR) is 99.8 cm³/mol. The molecule has 0 saturated carbocycles. The average molecular weight is 338 g/mol. The zero-order valence-electron chi connectivity index (χ0n) is 15.0. The molecule has 25 heavy (non-hydrogen) atoms. The van der Waals surface area contributed by atoms with Crippen molar-refractivity contribution in [3.8, 4) is 5.75 Å². The van der Waals surface area contributed by atoms with E-state index in [0.29, 0.717) is 12.0 Å². The number of hydrogen-bond donors (Lipinski definition) is 0. The molecule has 4 heteroatoms. The second-order valence-corrected chi connectivity index (χ2v) is 7.19. The fourth-order valence-corrected chi connectivity index (χ4v) is 4.71. The van der Waals surface area contributed by atoms with Crippen LogP contribution >= 0.6 is 0 Å². The summed E-state index contributed by atoms with van der Waals surface area (Å²) in [7, 11) is 3.53. The molecule has 3 aliphatic heterocycles. The number of ether oxygens (including phenoxy) is 2. The molecule has 132 valence electrons. The monoisotopic (exact) mass is 338 g/mol. The van der Waals surface area contributed by atoms with Gasteiger partial charge in [-0.2, -0.15) is 0 Å². The predicted octanol–water partition coefficient (Wildman–Crippen LogP) is 3.83. The maximum Gasteiger partial charge on any atom is 0.119 e. The number of rotatable bonds is 5. The van der Waals surface area contributed by atoms with Crippen LogP contribution in [-0.2, 0) is 4.74 Å². The minimum Gasteiger partial charge on any atom is -0.497 e. The van der Waals surface area contributed by atoms with Crippen LogP contribution in [0.15, 0.2) is 43.1 Å². The Hall–Kier alpha value is -1.91. The molecule has 1 aromatic carbocycles. The van der Waals surface area contributed by atoms with Gasteiger partial charge in [-0.1, -0.05) is 6.08 Å². The molecule has 0 aliphatic carbocycles. The first-order chi connectivity index (χ1) is 12.2. The Labute approximate surface area is 149 Å². The highest BCUT2D eigenvalue weighted by molar-refractivity contribution is 5.84. The van der Waals surface area contributed by atoms with Crippen LogP contribution in [0.1, 0.15) is 24.5 Å². The van der Waals surface area contributed by atoms with Gasteiger partial charge in [0, 0.05) is 31.3 Å². The van der Waals surface area contributed by atoms with Gasteiger partial charge in [0.25, 0.3) is 0 Å². The fourth-order valence-electron chi connectivity index (χ4n) is 4.71. The Morgan fingerprint density at radius 3 is 2.88 bits per heavy atom. The van der Waals surface area contributed by atoms with Gasteiger partial charge >= 0.3 is 0 Å². The van der Waals surface area contributed by atoms with Gasteiger partial charge in [-0.3, -0.25) is 9.88 Å². The Morgan fingerprint density at radius 2 is 2.20 bits per heavy atom. The quantitative estimate of drug-likeness (QED) is 0.776. The minimum atomic E-state index is 0.0474. The van der Waals surface area contributed by atoms with Crippen molar-refractivity contribution < 1.29 is 9.47 Å². The highest BCUT2D eigenvalue weighted by Crippen LogP contribution is 2.43. The lowest BCUT2D eigenvalue weighted by Gasteiger charge is -2.51. The Balaban J connectivity index is 1.72. The van der Waals surface area contributed by atoms with E-state index in [1.807, 2.05) is 25.4 Å². The third kappa shape index (κ3) is 2.83. The largest absolute Gasteiger partial charge is 0.497 e. The van der Waals surface area contributed by atoms with Gasteiger partial charge < -0.3 is 9.47 Å². The first-order valence-corrected chi connectivity index (χ1v) is 9.07. The van der Waals surface area contributed by atoms with E-state index in [9.17, 15) is 0 Å². The molecule has 0 spiro atoms. The van der Waals surface area contributed by atoms with Gasteiger partial charge in [0.1, 0.15) is 5.75 Å². The van der Waals surface area contributed by atoms with Gasteiger partial charge in [-0.05, 0) is 61.1 Å². The van der Waals surface area contributed by atoms with Crippen LogP contribution < -0.4 is 4.74 Å². The molecule has 4 nitrogen and oxygen atoms in total. The molecule has 4 heterocycles. The van der Waals surface area contributed by atoms with Crippen LogP contribution in [0.25, 0.3) is 10.9 Å². The molecule has 0 radical (unpaired) electrons. The summed E-state index contributed by atoms with van der Waals surface area (Å²) in [4.78, 5) is 7.10. The van der Waals surface area contributed by atoms with E-state index >= 15 is 0 Å². The molecule has 5 atom stereocenters. The van der Waals surface area contributed by atoms with Crippen molar-refractivity contribution in [2.24, 2.45) is 11.8 Å². The summed E-state index contributed by atoms with van der Waals surface area (Å²) in [6.07, 6.45) is 6.52. The van der Waals surface area contributed by atoms with Gasteiger partial charge in [0.05, 0.1) is 18.7 Å². The van der Waals surface area contributed by atoms with Crippen molar-refractivity contribution in [3.05, 3.63) is 48.7 Å². The number of aromatic nitrogens is 1. The van der Waals surface area contributed by atoms with Gasteiger partial charge in [-0.25, -0.2) is 0 Å². The summed E-state index contributed by atoms with van der Waals surface area (Å²) in [6, 6.07) is 8.57. The summed E-state index contributed by atoms with van der Waals surface area (Å²) >= 11 is 0. The van der Waals surface area contributed by atoms with Gasteiger partial charge in [-0.15, -0.1) is 6.58 Å². The van der Waals surface area contributed by atoms with Crippen molar-refractivity contribution >= 4 is 10.9 Å². The zero-order chi connectivity index (χ0) is 17.4. The summed E-state index contributed by atoms with van der Waals surface area (Å²) in [5, 5.41) is 1.12. The van der Waals surface area contributed by atoms with Crippen molar-refractivity contribution in [2.75, 3.05) is 27.3 Å². The number of methoxy groups -OCH3 is 2. The molecule has 1 unspecified atom stereocenters. The number of fused-ring (bicyclic) bond motifs is 4. The number of piperidine rings is 3. The first-order valence-electron chi connectivity index (χ1n) is 9.07.